The van der Waals surface area contributed by atoms with Crippen LogP contribution in [0.3, 0.4) is 0 Å². The van der Waals surface area contributed by atoms with E-state index in [1.165, 1.54) is 0 Å². The zero-order chi connectivity index (χ0) is 15.7. The summed E-state index contributed by atoms with van der Waals surface area (Å²) in [4.78, 5) is 11.9. The van der Waals surface area contributed by atoms with E-state index < -0.39 is 0 Å². The number of aliphatic hydroxyl groups excluding tert-OH is 1. The van der Waals surface area contributed by atoms with Crippen LogP contribution in [0.1, 0.15) is 38.8 Å². The first kappa shape index (κ1) is 17.3. The third-order valence-electron chi connectivity index (χ3n) is 3.00. The van der Waals surface area contributed by atoms with Crippen LogP contribution in [0, 0.1) is 5.92 Å². The number of ether oxygens (including phenoxy) is 1. The van der Waals surface area contributed by atoms with E-state index >= 15 is 0 Å². The molecule has 5 heteroatoms. The summed E-state index contributed by atoms with van der Waals surface area (Å²) >= 11 is 0. The molecule has 2 amide bonds. The number of urea groups is 1. The first-order valence-corrected chi connectivity index (χ1v) is 7.45. The highest BCUT2D eigenvalue weighted by Gasteiger charge is 2.19. The molecular formula is C16H26N2O3. The summed E-state index contributed by atoms with van der Waals surface area (Å²) < 4.78 is 5.65. The standard InChI is InChI=1S/C16H26N2O3/c1-4-21-15-8-6-5-7-13(15)14(11-12(2)3)18-16(20)17-9-10-19/h5-8,12,14,19H,4,9-11H2,1-3H3,(H2,17,18,20). The van der Waals surface area contributed by atoms with Crippen molar-refractivity contribution < 1.29 is 14.6 Å². The molecule has 118 valence electrons. The van der Waals surface area contributed by atoms with Gasteiger partial charge in [0.2, 0.25) is 0 Å². The number of hydrogen-bond donors (Lipinski definition) is 3. The van der Waals surface area contributed by atoms with E-state index in [2.05, 4.69) is 24.5 Å². The molecule has 1 aromatic rings. The predicted octanol–water partition coefficient (Wildman–Crippen LogP) is 2.46. The minimum absolute atomic E-state index is 0.0716. The van der Waals surface area contributed by atoms with E-state index in [9.17, 15) is 4.79 Å². The maximum absolute atomic E-state index is 11.9. The molecule has 1 unspecified atom stereocenters. The zero-order valence-corrected chi connectivity index (χ0v) is 13.1. The first-order chi connectivity index (χ1) is 10.1. The SMILES string of the molecule is CCOc1ccccc1C(CC(C)C)NC(=O)NCCO. The second kappa shape index (κ2) is 9.23. The number of carbonyl (C=O) groups excluding carboxylic acids is 1. The Morgan fingerprint density at radius 2 is 2.05 bits per heavy atom. The van der Waals surface area contributed by atoms with Crippen molar-refractivity contribution in [2.24, 2.45) is 5.92 Å². The van der Waals surface area contributed by atoms with Crippen LogP contribution in [0.4, 0.5) is 4.79 Å². The van der Waals surface area contributed by atoms with Crippen LogP contribution in [0.5, 0.6) is 5.75 Å². The highest BCUT2D eigenvalue weighted by molar-refractivity contribution is 5.74. The maximum Gasteiger partial charge on any atom is 0.315 e. The summed E-state index contributed by atoms with van der Waals surface area (Å²) in [6.45, 7) is 6.93. The molecule has 0 saturated heterocycles. The highest BCUT2D eigenvalue weighted by atomic mass is 16.5. The topological polar surface area (TPSA) is 70.6 Å². The molecule has 0 aliphatic heterocycles. The van der Waals surface area contributed by atoms with Crippen LogP contribution in [0.15, 0.2) is 24.3 Å². The van der Waals surface area contributed by atoms with Crippen LogP contribution in [-0.4, -0.2) is 30.9 Å². The summed E-state index contributed by atoms with van der Waals surface area (Å²) in [5, 5.41) is 14.3. The maximum atomic E-state index is 11.9. The van der Waals surface area contributed by atoms with E-state index in [1.54, 1.807) is 0 Å². The fourth-order valence-corrected chi connectivity index (χ4v) is 2.17. The lowest BCUT2D eigenvalue weighted by Crippen LogP contribution is -2.39. The van der Waals surface area contributed by atoms with Gasteiger partial charge in [0.05, 0.1) is 19.3 Å². The fourth-order valence-electron chi connectivity index (χ4n) is 2.17. The summed E-state index contributed by atoms with van der Waals surface area (Å²) in [5.74, 6) is 1.23. The van der Waals surface area contributed by atoms with Gasteiger partial charge < -0.3 is 20.5 Å². The second-order valence-electron chi connectivity index (χ2n) is 5.28. The molecular weight excluding hydrogens is 268 g/mol. The van der Waals surface area contributed by atoms with Crippen LogP contribution in [0.2, 0.25) is 0 Å². The summed E-state index contributed by atoms with van der Waals surface area (Å²) in [6.07, 6.45) is 0.816. The number of benzene rings is 1. The first-order valence-electron chi connectivity index (χ1n) is 7.45. The lowest BCUT2D eigenvalue weighted by atomic mass is 9.96. The average Bonchev–Trinajstić information content (AvgIpc) is 2.45. The summed E-state index contributed by atoms with van der Waals surface area (Å²) in [6, 6.07) is 7.36. The molecule has 0 fully saturated rings. The minimum Gasteiger partial charge on any atom is -0.494 e. The van der Waals surface area contributed by atoms with Crippen molar-refractivity contribution in [3.8, 4) is 5.75 Å². The van der Waals surface area contributed by atoms with Gasteiger partial charge in [0.25, 0.3) is 0 Å². The monoisotopic (exact) mass is 294 g/mol. The Hall–Kier alpha value is -1.75. The number of hydrogen-bond acceptors (Lipinski definition) is 3. The largest absolute Gasteiger partial charge is 0.494 e. The molecule has 0 radical (unpaired) electrons. The van der Waals surface area contributed by atoms with Crippen LogP contribution in [-0.2, 0) is 0 Å². The molecule has 0 aliphatic rings. The van der Waals surface area contributed by atoms with Crippen molar-refractivity contribution in [3.05, 3.63) is 29.8 Å². The normalized spacial score (nSPS) is 12.0. The minimum atomic E-state index is -0.277. The van der Waals surface area contributed by atoms with Gasteiger partial charge in [-0.2, -0.15) is 0 Å². The van der Waals surface area contributed by atoms with Crippen molar-refractivity contribution in [1.29, 1.82) is 0 Å². The molecule has 0 aromatic heterocycles. The van der Waals surface area contributed by atoms with Gasteiger partial charge in [-0.25, -0.2) is 4.79 Å². The van der Waals surface area contributed by atoms with Gasteiger partial charge in [-0.3, -0.25) is 0 Å². The Balaban J connectivity index is 2.88. The Morgan fingerprint density at radius 1 is 1.33 bits per heavy atom. The van der Waals surface area contributed by atoms with Gasteiger partial charge in [-0.15, -0.1) is 0 Å². The zero-order valence-electron chi connectivity index (χ0n) is 13.1. The molecule has 1 aromatic carbocycles. The highest BCUT2D eigenvalue weighted by Crippen LogP contribution is 2.29. The number of aliphatic hydroxyl groups is 1. The molecule has 21 heavy (non-hydrogen) atoms. The number of para-hydroxylation sites is 1. The summed E-state index contributed by atoms with van der Waals surface area (Å²) in [7, 11) is 0. The van der Waals surface area contributed by atoms with E-state index in [-0.39, 0.29) is 25.2 Å². The van der Waals surface area contributed by atoms with Crippen LogP contribution >= 0.6 is 0 Å². The molecule has 0 spiro atoms. The van der Waals surface area contributed by atoms with Crippen LogP contribution in [0.25, 0.3) is 0 Å². The number of amides is 2. The molecule has 1 atom stereocenters. The van der Waals surface area contributed by atoms with Gasteiger partial charge in [-0.1, -0.05) is 32.0 Å². The van der Waals surface area contributed by atoms with Crippen molar-refractivity contribution in [2.75, 3.05) is 19.8 Å². The van der Waals surface area contributed by atoms with Crippen molar-refractivity contribution in [3.63, 3.8) is 0 Å². The van der Waals surface area contributed by atoms with Crippen molar-refractivity contribution in [2.45, 2.75) is 33.2 Å². The smallest absolute Gasteiger partial charge is 0.315 e. The van der Waals surface area contributed by atoms with Crippen molar-refractivity contribution >= 4 is 6.03 Å². The molecule has 1 rings (SSSR count). The van der Waals surface area contributed by atoms with E-state index in [0.717, 1.165) is 17.7 Å². The van der Waals surface area contributed by atoms with Gasteiger partial charge in [0.15, 0.2) is 0 Å². The third-order valence-corrected chi connectivity index (χ3v) is 3.00. The fraction of sp³-hybridized carbons (Fsp3) is 0.562. The molecule has 0 bridgehead atoms. The van der Waals surface area contributed by atoms with Gasteiger partial charge in [0.1, 0.15) is 5.75 Å². The molecule has 0 aliphatic carbocycles. The predicted molar refractivity (Wildman–Crippen MR) is 83.4 cm³/mol. The van der Waals surface area contributed by atoms with E-state index in [4.69, 9.17) is 9.84 Å². The Labute approximate surface area is 126 Å². The second-order valence-corrected chi connectivity index (χ2v) is 5.28. The number of nitrogens with one attached hydrogen (secondary N) is 2. The van der Waals surface area contributed by atoms with Crippen LogP contribution < -0.4 is 15.4 Å². The quantitative estimate of drug-likeness (QED) is 0.690. The average molecular weight is 294 g/mol. The Bertz CT molecular complexity index is 435. The third kappa shape index (κ3) is 6.04. The molecule has 0 heterocycles. The summed E-state index contributed by atoms with van der Waals surface area (Å²) in [5.41, 5.74) is 0.979. The lowest BCUT2D eigenvalue weighted by molar-refractivity contribution is 0.228. The molecule has 5 nitrogen and oxygen atoms in total. The Morgan fingerprint density at radius 3 is 2.67 bits per heavy atom. The Kier molecular flexibility index (Phi) is 7.61. The number of rotatable bonds is 8. The molecule has 3 N–H and O–H groups in total. The lowest BCUT2D eigenvalue weighted by Gasteiger charge is -2.23. The van der Waals surface area contributed by atoms with Gasteiger partial charge in [0, 0.05) is 12.1 Å². The van der Waals surface area contributed by atoms with Gasteiger partial charge >= 0.3 is 6.03 Å². The van der Waals surface area contributed by atoms with Gasteiger partial charge in [-0.05, 0) is 25.3 Å². The van der Waals surface area contributed by atoms with Crippen molar-refractivity contribution in [1.82, 2.24) is 10.6 Å². The van der Waals surface area contributed by atoms with E-state index in [1.807, 2.05) is 31.2 Å². The van der Waals surface area contributed by atoms with E-state index in [0.29, 0.717) is 12.5 Å². The molecule has 0 saturated carbocycles. The number of carbonyl (C=O) groups is 1.